The minimum absolute atomic E-state index is 0.0771. The van der Waals surface area contributed by atoms with Crippen LogP contribution in [0.5, 0.6) is 0 Å². The van der Waals surface area contributed by atoms with E-state index in [1.165, 1.54) is 25.7 Å². The normalized spacial score (nSPS) is 21.4. The van der Waals surface area contributed by atoms with E-state index >= 15 is 0 Å². The van der Waals surface area contributed by atoms with Crippen LogP contribution in [0.15, 0.2) is 12.3 Å². The number of carbonyl (C=O) groups is 1. The third-order valence-electron chi connectivity index (χ3n) is 3.93. The van der Waals surface area contributed by atoms with Gasteiger partial charge in [0.2, 0.25) is 0 Å². The predicted octanol–water partition coefficient (Wildman–Crippen LogP) is 1.04. The lowest BCUT2D eigenvalue weighted by Gasteiger charge is -2.26. The van der Waals surface area contributed by atoms with E-state index in [9.17, 15) is 4.79 Å². The third kappa shape index (κ3) is 2.27. The number of aromatic nitrogens is 2. The molecule has 2 aliphatic rings. The van der Waals surface area contributed by atoms with Crippen molar-refractivity contribution in [2.45, 2.75) is 31.7 Å². The summed E-state index contributed by atoms with van der Waals surface area (Å²) in [5, 5.41) is 7.72. The fourth-order valence-electron chi connectivity index (χ4n) is 2.85. The number of nitrogens with zero attached hydrogens (tertiary/aromatic N) is 3. The van der Waals surface area contributed by atoms with Crippen molar-refractivity contribution in [1.82, 2.24) is 20.0 Å². The molecule has 1 aliphatic heterocycles. The molecule has 0 spiro atoms. The molecule has 1 saturated heterocycles. The molecule has 2 heterocycles. The highest BCUT2D eigenvalue weighted by molar-refractivity contribution is 5.92. The van der Waals surface area contributed by atoms with Crippen LogP contribution in [-0.2, 0) is 0 Å². The quantitative estimate of drug-likeness (QED) is 0.851. The lowest BCUT2D eigenvalue weighted by atomic mass is 10.3. The highest BCUT2D eigenvalue weighted by atomic mass is 16.2. The molecule has 5 nitrogen and oxygen atoms in total. The number of rotatable bonds is 2. The zero-order valence-electron chi connectivity index (χ0n) is 10.6. The second kappa shape index (κ2) is 5.10. The summed E-state index contributed by atoms with van der Waals surface area (Å²) >= 11 is 0. The molecule has 1 aromatic heterocycles. The highest BCUT2D eigenvalue weighted by Gasteiger charge is 2.22. The van der Waals surface area contributed by atoms with Crippen LogP contribution in [0.3, 0.4) is 0 Å². The summed E-state index contributed by atoms with van der Waals surface area (Å²) in [6.45, 7) is 3.34. The fourth-order valence-corrected chi connectivity index (χ4v) is 2.85. The van der Waals surface area contributed by atoms with Crippen LogP contribution in [0.1, 0.15) is 42.2 Å². The van der Waals surface area contributed by atoms with E-state index in [-0.39, 0.29) is 5.91 Å². The van der Waals surface area contributed by atoms with Gasteiger partial charge < -0.3 is 10.2 Å². The van der Waals surface area contributed by atoms with Gasteiger partial charge in [-0.05, 0) is 18.9 Å². The molecule has 1 aliphatic carbocycles. The van der Waals surface area contributed by atoms with Gasteiger partial charge in [0.25, 0.3) is 5.91 Å². The number of amides is 1. The van der Waals surface area contributed by atoms with E-state index in [0.29, 0.717) is 11.7 Å². The SMILES string of the molecule is O=C(c1ccn(C2CCCC2)n1)N1CCNCC1. The zero-order chi connectivity index (χ0) is 12.4. The molecular weight excluding hydrogens is 228 g/mol. The molecule has 1 N–H and O–H groups in total. The molecule has 2 fully saturated rings. The standard InChI is InChI=1S/C13H20N4O/c18-13(16-9-6-14-7-10-16)12-5-8-17(15-12)11-3-1-2-4-11/h5,8,11,14H,1-4,6-7,9-10H2. The van der Waals surface area contributed by atoms with Crippen molar-refractivity contribution >= 4 is 5.91 Å². The van der Waals surface area contributed by atoms with Gasteiger partial charge in [-0.1, -0.05) is 12.8 Å². The smallest absolute Gasteiger partial charge is 0.274 e. The van der Waals surface area contributed by atoms with Gasteiger partial charge in [-0.25, -0.2) is 0 Å². The Morgan fingerprint density at radius 3 is 2.72 bits per heavy atom. The maximum Gasteiger partial charge on any atom is 0.274 e. The molecule has 1 amide bonds. The molecule has 0 unspecified atom stereocenters. The fraction of sp³-hybridized carbons (Fsp3) is 0.692. The lowest BCUT2D eigenvalue weighted by molar-refractivity contribution is 0.0728. The Kier molecular flexibility index (Phi) is 3.32. The Morgan fingerprint density at radius 2 is 2.00 bits per heavy atom. The van der Waals surface area contributed by atoms with Crippen molar-refractivity contribution in [3.05, 3.63) is 18.0 Å². The molecule has 0 atom stereocenters. The molecule has 0 bridgehead atoms. The molecule has 18 heavy (non-hydrogen) atoms. The minimum Gasteiger partial charge on any atom is -0.335 e. The van der Waals surface area contributed by atoms with Crippen LogP contribution in [0.2, 0.25) is 0 Å². The molecule has 98 valence electrons. The van der Waals surface area contributed by atoms with E-state index in [1.807, 2.05) is 21.8 Å². The first-order valence-corrected chi connectivity index (χ1v) is 6.90. The third-order valence-corrected chi connectivity index (χ3v) is 3.93. The van der Waals surface area contributed by atoms with Gasteiger partial charge in [0.15, 0.2) is 0 Å². The first-order valence-electron chi connectivity index (χ1n) is 6.90. The van der Waals surface area contributed by atoms with Gasteiger partial charge in [-0.3, -0.25) is 9.48 Å². The summed E-state index contributed by atoms with van der Waals surface area (Å²) in [6.07, 6.45) is 6.93. The first-order chi connectivity index (χ1) is 8.84. The van der Waals surface area contributed by atoms with Crippen molar-refractivity contribution in [3.63, 3.8) is 0 Å². The van der Waals surface area contributed by atoms with Crippen LogP contribution < -0.4 is 5.32 Å². The number of piperazine rings is 1. The van der Waals surface area contributed by atoms with Crippen LogP contribution in [0, 0.1) is 0 Å². The second-order valence-corrected chi connectivity index (χ2v) is 5.16. The van der Waals surface area contributed by atoms with Crippen molar-refractivity contribution in [1.29, 1.82) is 0 Å². The maximum atomic E-state index is 12.3. The molecule has 1 saturated carbocycles. The second-order valence-electron chi connectivity index (χ2n) is 5.16. The van der Waals surface area contributed by atoms with Gasteiger partial charge in [-0.2, -0.15) is 5.10 Å². The number of hydrogen-bond donors (Lipinski definition) is 1. The van der Waals surface area contributed by atoms with E-state index in [4.69, 9.17) is 0 Å². The average Bonchev–Trinajstić information content (AvgIpc) is 3.09. The molecular formula is C13H20N4O. The number of nitrogens with one attached hydrogen (secondary N) is 1. The Bertz CT molecular complexity index is 416. The molecule has 0 aromatic carbocycles. The van der Waals surface area contributed by atoms with E-state index in [1.54, 1.807) is 0 Å². The lowest BCUT2D eigenvalue weighted by Crippen LogP contribution is -2.46. The Hall–Kier alpha value is -1.36. The van der Waals surface area contributed by atoms with Crippen LogP contribution in [0.25, 0.3) is 0 Å². The number of hydrogen-bond acceptors (Lipinski definition) is 3. The van der Waals surface area contributed by atoms with Crippen molar-refractivity contribution in [3.8, 4) is 0 Å². The van der Waals surface area contributed by atoms with Crippen LogP contribution >= 0.6 is 0 Å². The molecule has 0 radical (unpaired) electrons. The maximum absolute atomic E-state index is 12.3. The van der Waals surface area contributed by atoms with Crippen LogP contribution in [0.4, 0.5) is 0 Å². The predicted molar refractivity (Wildman–Crippen MR) is 68.5 cm³/mol. The van der Waals surface area contributed by atoms with Crippen molar-refractivity contribution in [2.75, 3.05) is 26.2 Å². The largest absolute Gasteiger partial charge is 0.335 e. The Balaban J connectivity index is 1.69. The Labute approximate surface area is 107 Å². The van der Waals surface area contributed by atoms with Gasteiger partial charge >= 0.3 is 0 Å². The topological polar surface area (TPSA) is 50.2 Å². The number of carbonyl (C=O) groups excluding carboxylic acids is 1. The Morgan fingerprint density at radius 1 is 1.28 bits per heavy atom. The summed E-state index contributed by atoms with van der Waals surface area (Å²) in [6, 6.07) is 2.37. The molecule has 1 aromatic rings. The molecule has 3 rings (SSSR count). The first kappa shape index (κ1) is 11.7. The van der Waals surface area contributed by atoms with Gasteiger partial charge in [0, 0.05) is 32.4 Å². The van der Waals surface area contributed by atoms with Crippen molar-refractivity contribution < 1.29 is 4.79 Å². The van der Waals surface area contributed by atoms with Gasteiger partial charge in [-0.15, -0.1) is 0 Å². The summed E-state index contributed by atoms with van der Waals surface area (Å²) in [4.78, 5) is 14.1. The molecule has 5 heteroatoms. The highest BCUT2D eigenvalue weighted by Crippen LogP contribution is 2.28. The monoisotopic (exact) mass is 248 g/mol. The average molecular weight is 248 g/mol. The van der Waals surface area contributed by atoms with E-state index in [2.05, 4.69) is 10.4 Å². The van der Waals surface area contributed by atoms with E-state index < -0.39 is 0 Å². The van der Waals surface area contributed by atoms with E-state index in [0.717, 1.165) is 26.2 Å². The van der Waals surface area contributed by atoms with Gasteiger partial charge in [0.1, 0.15) is 5.69 Å². The van der Waals surface area contributed by atoms with Gasteiger partial charge in [0.05, 0.1) is 6.04 Å². The summed E-state index contributed by atoms with van der Waals surface area (Å²) < 4.78 is 1.99. The minimum atomic E-state index is 0.0771. The zero-order valence-corrected chi connectivity index (χ0v) is 10.6. The van der Waals surface area contributed by atoms with Crippen LogP contribution in [-0.4, -0.2) is 46.8 Å². The summed E-state index contributed by atoms with van der Waals surface area (Å²) in [5.41, 5.74) is 0.601. The summed E-state index contributed by atoms with van der Waals surface area (Å²) in [7, 11) is 0. The van der Waals surface area contributed by atoms with Crippen molar-refractivity contribution in [2.24, 2.45) is 0 Å². The summed E-state index contributed by atoms with van der Waals surface area (Å²) in [5.74, 6) is 0.0771.